The molecule has 3 heteroatoms. The van der Waals surface area contributed by atoms with Crippen LogP contribution in [0.15, 0.2) is 84.9 Å². The molecule has 0 bridgehead atoms. The van der Waals surface area contributed by atoms with Gasteiger partial charge in [-0.1, -0.05) is 84.4 Å². The lowest BCUT2D eigenvalue weighted by Gasteiger charge is -2.10. The first-order valence-corrected chi connectivity index (χ1v) is 9.14. The lowest BCUT2D eigenvalue weighted by Crippen LogP contribution is -2.20. The molecular weight excluding hydrogens is 354 g/mol. The highest BCUT2D eigenvalue weighted by molar-refractivity contribution is 6.38. The summed E-state index contributed by atoms with van der Waals surface area (Å²) in [6.07, 6.45) is 4.03. The summed E-state index contributed by atoms with van der Waals surface area (Å²) in [4.78, 5) is 14.8. The molecular formula is C24H18ClNO. The van der Waals surface area contributed by atoms with Gasteiger partial charge in [-0.05, 0) is 34.9 Å². The zero-order chi connectivity index (χ0) is 18.8. The Morgan fingerprint density at radius 3 is 2.30 bits per heavy atom. The van der Waals surface area contributed by atoms with Crippen molar-refractivity contribution in [3.63, 3.8) is 0 Å². The molecule has 0 saturated carbocycles. The standard InChI is InChI=1S/C24H18ClNO/c1-26-22-10-6-5-9-21(22)23(24(26)27)20(18-7-3-2-4-8-18)16-13-17-11-14-19(25)15-12-17/h2-16H,1H3/b16-13+,23-20+. The minimum absolute atomic E-state index is 0.0100. The van der Waals surface area contributed by atoms with Crippen LogP contribution in [0.1, 0.15) is 16.7 Å². The van der Waals surface area contributed by atoms with Crippen LogP contribution in [0, 0.1) is 0 Å². The molecule has 2 nitrogen and oxygen atoms in total. The van der Waals surface area contributed by atoms with E-state index in [-0.39, 0.29) is 5.91 Å². The Morgan fingerprint density at radius 2 is 1.56 bits per heavy atom. The monoisotopic (exact) mass is 371 g/mol. The van der Waals surface area contributed by atoms with Crippen LogP contribution in [0.5, 0.6) is 0 Å². The fraction of sp³-hybridized carbons (Fsp3) is 0.0417. The first-order valence-electron chi connectivity index (χ1n) is 8.76. The maximum absolute atomic E-state index is 13.0. The van der Waals surface area contributed by atoms with Gasteiger partial charge in [0.2, 0.25) is 0 Å². The van der Waals surface area contributed by atoms with Crippen LogP contribution >= 0.6 is 11.6 Å². The first kappa shape index (κ1) is 17.3. The number of rotatable bonds is 3. The molecule has 0 fully saturated rings. The Bertz CT molecular complexity index is 1050. The van der Waals surface area contributed by atoms with E-state index >= 15 is 0 Å². The smallest absolute Gasteiger partial charge is 0.259 e. The second-order valence-electron chi connectivity index (χ2n) is 6.42. The Morgan fingerprint density at radius 1 is 0.889 bits per heavy atom. The van der Waals surface area contributed by atoms with Crippen molar-refractivity contribution in [2.24, 2.45) is 0 Å². The minimum Gasteiger partial charge on any atom is -0.311 e. The number of nitrogens with zero attached hydrogens (tertiary/aromatic N) is 1. The quantitative estimate of drug-likeness (QED) is 0.521. The molecule has 0 atom stereocenters. The molecule has 132 valence electrons. The summed E-state index contributed by atoms with van der Waals surface area (Å²) in [5.41, 5.74) is 5.57. The number of para-hydroxylation sites is 1. The number of likely N-dealkylation sites (N-methyl/N-ethyl adjacent to an activating group) is 1. The maximum Gasteiger partial charge on any atom is 0.259 e. The molecule has 0 unspecified atom stereocenters. The fourth-order valence-corrected chi connectivity index (χ4v) is 3.45. The largest absolute Gasteiger partial charge is 0.311 e. The van der Waals surface area contributed by atoms with Gasteiger partial charge in [-0.15, -0.1) is 0 Å². The van der Waals surface area contributed by atoms with Crippen molar-refractivity contribution in [2.45, 2.75) is 0 Å². The van der Waals surface area contributed by atoms with Gasteiger partial charge in [0.25, 0.3) is 5.91 Å². The number of amides is 1. The van der Waals surface area contributed by atoms with Gasteiger partial charge in [-0.25, -0.2) is 0 Å². The van der Waals surface area contributed by atoms with E-state index in [0.29, 0.717) is 5.02 Å². The third-order valence-electron chi connectivity index (χ3n) is 4.72. The lowest BCUT2D eigenvalue weighted by molar-refractivity contribution is -0.112. The number of fused-ring (bicyclic) bond motifs is 1. The van der Waals surface area contributed by atoms with Crippen molar-refractivity contribution in [2.75, 3.05) is 11.9 Å². The van der Waals surface area contributed by atoms with Crippen LogP contribution in [-0.2, 0) is 4.79 Å². The molecule has 0 saturated heterocycles. The van der Waals surface area contributed by atoms with Crippen molar-refractivity contribution < 1.29 is 4.79 Å². The number of anilines is 1. The van der Waals surface area contributed by atoms with Gasteiger partial charge in [-0.2, -0.15) is 0 Å². The van der Waals surface area contributed by atoms with E-state index in [0.717, 1.165) is 33.5 Å². The second kappa shape index (κ2) is 7.26. The van der Waals surface area contributed by atoms with Gasteiger partial charge < -0.3 is 4.90 Å². The minimum atomic E-state index is 0.0100. The Balaban J connectivity index is 1.90. The van der Waals surface area contributed by atoms with Crippen molar-refractivity contribution in [3.05, 3.63) is 107 Å². The maximum atomic E-state index is 13.0. The molecule has 0 aliphatic carbocycles. The molecule has 3 aromatic carbocycles. The number of allylic oxidation sites excluding steroid dienone is 2. The molecule has 1 amide bonds. The van der Waals surface area contributed by atoms with E-state index in [9.17, 15) is 4.79 Å². The molecule has 3 aromatic rings. The summed E-state index contributed by atoms with van der Waals surface area (Å²) in [6.45, 7) is 0. The van der Waals surface area contributed by atoms with Gasteiger partial charge in [-0.3, -0.25) is 4.79 Å². The Hall–Kier alpha value is -3.10. The number of halogens is 1. The topological polar surface area (TPSA) is 20.3 Å². The molecule has 0 radical (unpaired) electrons. The highest BCUT2D eigenvalue weighted by Crippen LogP contribution is 2.40. The fourth-order valence-electron chi connectivity index (χ4n) is 3.33. The van der Waals surface area contributed by atoms with Crippen LogP contribution in [-0.4, -0.2) is 13.0 Å². The summed E-state index contributed by atoms with van der Waals surface area (Å²) in [5, 5.41) is 0.704. The molecule has 27 heavy (non-hydrogen) atoms. The number of hydrogen-bond acceptors (Lipinski definition) is 1. The third kappa shape index (κ3) is 3.32. The molecule has 0 spiro atoms. The average Bonchev–Trinajstić information content (AvgIpc) is 2.96. The van der Waals surface area contributed by atoms with Crippen LogP contribution in [0.3, 0.4) is 0 Å². The summed E-state index contributed by atoms with van der Waals surface area (Å²) in [5.74, 6) is 0.0100. The summed E-state index contributed by atoms with van der Waals surface area (Å²) >= 11 is 5.98. The van der Waals surface area contributed by atoms with Gasteiger partial charge in [0.15, 0.2) is 0 Å². The Labute approximate surface area is 164 Å². The van der Waals surface area contributed by atoms with Gasteiger partial charge in [0, 0.05) is 17.6 Å². The number of carbonyl (C=O) groups excluding carboxylic acids is 1. The molecule has 4 rings (SSSR count). The summed E-state index contributed by atoms with van der Waals surface area (Å²) in [6, 6.07) is 25.6. The van der Waals surface area contributed by atoms with E-state index in [4.69, 9.17) is 11.6 Å². The van der Waals surface area contributed by atoms with Crippen LogP contribution in [0.2, 0.25) is 5.02 Å². The lowest BCUT2D eigenvalue weighted by atomic mass is 9.94. The third-order valence-corrected chi connectivity index (χ3v) is 4.97. The first-order chi connectivity index (χ1) is 13.1. The van der Waals surface area contributed by atoms with Crippen molar-refractivity contribution in [3.8, 4) is 0 Å². The van der Waals surface area contributed by atoms with Crippen molar-refractivity contribution >= 4 is 40.4 Å². The number of hydrogen-bond donors (Lipinski definition) is 0. The molecule has 0 aromatic heterocycles. The molecule has 1 aliphatic rings. The molecule has 1 heterocycles. The van der Waals surface area contributed by atoms with Crippen LogP contribution < -0.4 is 4.90 Å². The highest BCUT2D eigenvalue weighted by atomic mass is 35.5. The van der Waals surface area contributed by atoms with E-state index in [1.807, 2.05) is 98.1 Å². The number of carbonyl (C=O) groups is 1. The van der Waals surface area contributed by atoms with Crippen molar-refractivity contribution in [1.82, 2.24) is 0 Å². The van der Waals surface area contributed by atoms with Crippen molar-refractivity contribution in [1.29, 1.82) is 0 Å². The zero-order valence-corrected chi connectivity index (χ0v) is 15.6. The van der Waals surface area contributed by atoms with E-state index in [1.165, 1.54) is 0 Å². The van der Waals surface area contributed by atoms with Gasteiger partial charge in [0.05, 0.1) is 11.3 Å². The predicted octanol–water partition coefficient (Wildman–Crippen LogP) is 5.94. The summed E-state index contributed by atoms with van der Waals surface area (Å²) in [7, 11) is 1.82. The molecule has 1 aliphatic heterocycles. The zero-order valence-electron chi connectivity index (χ0n) is 14.9. The second-order valence-corrected chi connectivity index (χ2v) is 6.86. The van der Waals surface area contributed by atoms with Gasteiger partial charge >= 0.3 is 0 Å². The van der Waals surface area contributed by atoms with Crippen LogP contribution in [0.4, 0.5) is 5.69 Å². The highest BCUT2D eigenvalue weighted by Gasteiger charge is 2.31. The van der Waals surface area contributed by atoms with Crippen LogP contribution in [0.25, 0.3) is 17.2 Å². The average molecular weight is 372 g/mol. The normalized spacial score (nSPS) is 15.3. The SMILES string of the molecule is CN1C(=O)/C(=C(\C=C\c2ccc(Cl)cc2)c2ccccc2)c2ccccc21. The predicted molar refractivity (Wildman–Crippen MR) is 114 cm³/mol. The van der Waals surface area contributed by atoms with E-state index in [1.54, 1.807) is 4.90 Å². The van der Waals surface area contributed by atoms with E-state index in [2.05, 4.69) is 0 Å². The Kier molecular flexibility index (Phi) is 4.66. The summed E-state index contributed by atoms with van der Waals surface area (Å²) < 4.78 is 0. The number of benzene rings is 3. The van der Waals surface area contributed by atoms with Gasteiger partial charge in [0.1, 0.15) is 0 Å². The van der Waals surface area contributed by atoms with E-state index < -0.39 is 0 Å². The molecule has 0 N–H and O–H groups in total.